The minimum absolute atomic E-state index is 0.205. The van der Waals surface area contributed by atoms with Gasteiger partial charge in [0.1, 0.15) is 5.75 Å². The van der Waals surface area contributed by atoms with Crippen molar-refractivity contribution in [3.8, 4) is 5.75 Å². The number of nitrogens with two attached hydrogens (primary N) is 1. The molecule has 0 bridgehead atoms. The molecular weight excluding hydrogens is 258 g/mol. The molecule has 0 saturated carbocycles. The SMILES string of the molecule is CCCC(N)C(=O)Nc1ccc2c(c1)NC(=O)C(C)O2. The van der Waals surface area contributed by atoms with Gasteiger partial charge in [0.15, 0.2) is 6.10 Å². The topological polar surface area (TPSA) is 93.5 Å². The molecule has 2 atom stereocenters. The number of hydrogen-bond donors (Lipinski definition) is 3. The van der Waals surface area contributed by atoms with Gasteiger partial charge in [-0.3, -0.25) is 9.59 Å². The third-order valence-electron chi connectivity index (χ3n) is 3.11. The second kappa shape index (κ2) is 5.92. The van der Waals surface area contributed by atoms with Crippen LogP contribution in [0.15, 0.2) is 18.2 Å². The average molecular weight is 277 g/mol. The van der Waals surface area contributed by atoms with Crippen LogP contribution in [0.3, 0.4) is 0 Å². The number of hydrogen-bond acceptors (Lipinski definition) is 4. The van der Waals surface area contributed by atoms with E-state index >= 15 is 0 Å². The normalized spacial score (nSPS) is 18.6. The van der Waals surface area contributed by atoms with Gasteiger partial charge in [0.05, 0.1) is 11.7 Å². The van der Waals surface area contributed by atoms with E-state index in [1.807, 2.05) is 6.92 Å². The Morgan fingerprint density at radius 3 is 3.00 bits per heavy atom. The maximum Gasteiger partial charge on any atom is 0.265 e. The molecule has 0 aromatic heterocycles. The molecule has 4 N–H and O–H groups in total. The van der Waals surface area contributed by atoms with Crippen molar-refractivity contribution in [2.45, 2.75) is 38.8 Å². The van der Waals surface area contributed by atoms with Crippen LogP contribution < -0.4 is 21.1 Å². The van der Waals surface area contributed by atoms with E-state index in [-0.39, 0.29) is 11.8 Å². The van der Waals surface area contributed by atoms with Crippen molar-refractivity contribution >= 4 is 23.2 Å². The number of rotatable bonds is 4. The molecule has 20 heavy (non-hydrogen) atoms. The molecule has 6 heteroatoms. The number of fused-ring (bicyclic) bond motifs is 1. The summed E-state index contributed by atoms with van der Waals surface area (Å²) in [5, 5.41) is 5.46. The first-order chi connectivity index (χ1) is 9.51. The summed E-state index contributed by atoms with van der Waals surface area (Å²) >= 11 is 0. The summed E-state index contributed by atoms with van der Waals surface area (Å²) in [6.07, 6.45) is 0.968. The molecule has 1 aromatic rings. The molecule has 0 radical (unpaired) electrons. The van der Waals surface area contributed by atoms with Crippen molar-refractivity contribution in [1.29, 1.82) is 0 Å². The molecule has 2 unspecified atom stereocenters. The van der Waals surface area contributed by atoms with Gasteiger partial charge in [-0.1, -0.05) is 13.3 Å². The molecule has 1 aliphatic rings. The van der Waals surface area contributed by atoms with Crippen molar-refractivity contribution in [3.05, 3.63) is 18.2 Å². The van der Waals surface area contributed by atoms with Crippen molar-refractivity contribution in [2.75, 3.05) is 10.6 Å². The number of nitrogens with one attached hydrogen (secondary N) is 2. The second-order valence-electron chi connectivity index (χ2n) is 4.84. The summed E-state index contributed by atoms with van der Waals surface area (Å²) in [6, 6.07) is 4.57. The van der Waals surface area contributed by atoms with Crippen LogP contribution in [-0.2, 0) is 9.59 Å². The molecule has 0 saturated heterocycles. The number of benzene rings is 1. The van der Waals surface area contributed by atoms with Gasteiger partial charge in [-0.15, -0.1) is 0 Å². The van der Waals surface area contributed by atoms with Gasteiger partial charge in [0, 0.05) is 5.69 Å². The smallest absolute Gasteiger partial charge is 0.265 e. The number of ether oxygens (including phenoxy) is 1. The molecule has 2 rings (SSSR count). The maximum absolute atomic E-state index is 11.8. The summed E-state index contributed by atoms with van der Waals surface area (Å²) in [5.74, 6) is 0.153. The molecule has 0 fully saturated rings. The zero-order valence-electron chi connectivity index (χ0n) is 11.6. The number of carbonyl (C=O) groups is 2. The van der Waals surface area contributed by atoms with E-state index < -0.39 is 12.1 Å². The third kappa shape index (κ3) is 3.08. The molecule has 108 valence electrons. The first-order valence-electron chi connectivity index (χ1n) is 6.69. The second-order valence-corrected chi connectivity index (χ2v) is 4.84. The van der Waals surface area contributed by atoms with Crippen molar-refractivity contribution < 1.29 is 14.3 Å². The van der Waals surface area contributed by atoms with Crippen LogP contribution in [-0.4, -0.2) is 24.0 Å². The maximum atomic E-state index is 11.8. The van der Waals surface area contributed by atoms with Gasteiger partial charge in [0.2, 0.25) is 5.91 Å². The standard InChI is InChI=1S/C14H19N3O3/c1-3-4-10(15)14(19)16-9-5-6-12-11(7-9)17-13(18)8(2)20-12/h5-8,10H,3-4,15H2,1-2H3,(H,16,19)(H,17,18). The Labute approximate surface area is 117 Å². The van der Waals surface area contributed by atoms with Crippen LogP contribution in [0.25, 0.3) is 0 Å². The van der Waals surface area contributed by atoms with Crippen LogP contribution in [0.4, 0.5) is 11.4 Å². The van der Waals surface area contributed by atoms with Crippen LogP contribution in [0.1, 0.15) is 26.7 Å². The molecule has 2 amide bonds. The largest absolute Gasteiger partial charge is 0.479 e. The molecular formula is C14H19N3O3. The highest BCUT2D eigenvalue weighted by Crippen LogP contribution is 2.32. The Morgan fingerprint density at radius 2 is 2.30 bits per heavy atom. The fourth-order valence-corrected chi connectivity index (χ4v) is 1.96. The lowest BCUT2D eigenvalue weighted by Crippen LogP contribution is -2.36. The zero-order valence-corrected chi connectivity index (χ0v) is 11.6. The first kappa shape index (κ1) is 14.3. The average Bonchev–Trinajstić information content (AvgIpc) is 2.40. The van der Waals surface area contributed by atoms with Gasteiger partial charge in [-0.2, -0.15) is 0 Å². The van der Waals surface area contributed by atoms with E-state index in [1.54, 1.807) is 25.1 Å². The lowest BCUT2D eigenvalue weighted by Gasteiger charge is -2.23. The Bertz CT molecular complexity index is 530. The zero-order chi connectivity index (χ0) is 14.7. The van der Waals surface area contributed by atoms with Gasteiger partial charge in [-0.25, -0.2) is 0 Å². The summed E-state index contributed by atoms with van der Waals surface area (Å²) in [7, 11) is 0. The quantitative estimate of drug-likeness (QED) is 0.777. The van der Waals surface area contributed by atoms with Crippen molar-refractivity contribution in [1.82, 2.24) is 0 Å². The summed E-state index contributed by atoms with van der Waals surface area (Å²) in [4.78, 5) is 23.4. The Balaban J connectivity index is 2.10. The van der Waals surface area contributed by atoms with Gasteiger partial charge >= 0.3 is 0 Å². The van der Waals surface area contributed by atoms with E-state index in [0.717, 1.165) is 6.42 Å². The molecule has 0 spiro atoms. The third-order valence-corrected chi connectivity index (χ3v) is 3.11. The van der Waals surface area contributed by atoms with Crippen molar-refractivity contribution in [3.63, 3.8) is 0 Å². The van der Waals surface area contributed by atoms with E-state index in [2.05, 4.69) is 10.6 Å². The first-order valence-corrected chi connectivity index (χ1v) is 6.69. The predicted octanol–water partition coefficient (Wildman–Crippen LogP) is 1.47. The molecule has 1 heterocycles. The van der Waals surface area contributed by atoms with Gasteiger partial charge in [-0.05, 0) is 31.5 Å². The fraction of sp³-hybridized carbons (Fsp3) is 0.429. The van der Waals surface area contributed by atoms with E-state index in [9.17, 15) is 9.59 Å². The van der Waals surface area contributed by atoms with Crippen LogP contribution in [0.5, 0.6) is 5.75 Å². The number of carbonyl (C=O) groups excluding carboxylic acids is 2. The summed E-state index contributed by atoms with van der Waals surface area (Å²) < 4.78 is 5.44. The van der Waals surface area contributed by atoms with Gasteiger partial charge < -0.3 is 21.1 Å². The Kier molecular flexibility index (Phi) is 4.24. The minimum atomic E-state index is -0.526. The van der Waals surface area contributed by atoms with E-state index in [4.69, 9.17) is 10.5 Å². The molecule has 1 aliphatic heterocycles. The minimum Gasteiger partial charge on any atom is -0.479 e. The summed E-state index contributed by atoms with van der Waals surface area (Å²) in [6.45, 7) is 3.65. The van der Waals surface area contributed by atoms with Crippen LogP contribution >= 0.6 is 0 Å². The molecule has 6 nitrogen and oxygen atoms in total. The Morgan fingerprint density at radius 1 is 1.55 bits per heavy atom. The summed E-state index contributed by atoms with van der Waals surface area (Å²) in [5.41, 5.74) is 6.88. The molecule has 0 aliphatic carbocycles. The number of amides is 2. The molecule has 1 aromatic carbocycles. The highest BCUT2D eigenvalue weighted by Gasteiger charge is 2.23. The predicted molar refractivity (Wildman–Crippen MR) is 76.7 cm³/mol. The lowest BCUT2D eigenvalue weighted by atomic mass is 10.1. The van der Waals surface area contributed by atoms with Crippen LogP contribution in [0.2, 0.25) is 0 Å². The van der Waals surface area contributed by atoms with Gasteiger partial charge in [0.25, 0.3) is 5.91 Å². The lowest BCUT2D eigenvalue weighted by molar-refractivity contribution is -0.122. The number of anilines is 2. The van der Waals surface area contributed by atoms with Crippen molar-refractivity contribution in [2.24, 2.45) is 5.73 Å². The monoisotopic (exact) mass is 277 g/mol. The fourth-order valence-electron chi connectivity index (χ4n) is 1.96. The van der Waals surface area contributed by atoms with E-state index in [0.29, 0.717) is 23.5 Å². The highest BCUT2D eigenvalue weighted by molar-refractivity contribution is 5.99. The van der Waals surface area contributed by atoms with E-state index in [1.165, 1.54) is 0 Å². The van der Waals surface area contributed by atoms with Crippen LogP contribution in [0, 0.1) is 0 Å². The highest BCUT2D eigenvalue weighted by atomic mass is 16.5. The Hall–Kier alpha value is -2.08.